The van der Waals surface area contributed by atoms with Crippen LogP contribution in [0.5, 0.6) is 11.6 Å². The maximum Gasteiger partial charge on any atom is 0.387 e. The molecule has 0 radical (unpaired) electrons. The zero-order chi connectivity index (χ0) is 19.8. The number of pyridine rings is 2. The molecule has 0 aliphatic heterocycles. The molecule has 28 heavy (non-hydrogen) atoms. The summed E-state index contributed by atoms with van der Waals surface area (Å²) in [7, 11) is 0. The van der Waals surface area contributed by atoms with E-state index < -0.39 is 6.61 Å². The van der Waals surface area contributed by atoms with E-state index in [2.05, 4.69) is 19.8 Å². The van der Waals surface area contributed by atoms with Crippen molar-refractivity contribution in [2.45, 2.75) is 27.0 Å². The van der Waals surface area contributed by atoms with E-state index in [0.29, 0.717) is 34.4 Å². The van der Waals surface area contributed by atoms with Gasteiger partial charge in [-0.15, -0.1) is 0 Å². The molecule has 0 amide bonds. The Morgan fingerprint density at radius 2 is 2.00 bits per heavy atom. The third kappa shape index (κ3) is 3.15. The zero-order valence-corrected chi connectivity index (χ0v) is 15.2. The summed E-state index contributed by atoms with van der Waals surface area (Å²) in [6.45, 7) is 1.61. The fraction of sp³-hybridized carbons (Fsp3) is 0.211. The minimum atomic E-state index is -2.93. The van der Waals surface area contributed by atoms with Gasteiger partial charge in [0.1, 0.15) is 5.75 Å². The van der Waals surface area contributed by atoms with Gasteiger partial charge < -0.3 is 9.84 Å². The number of fused-ring (bicyclic) bond motifs is 1. The molecule has 0 saturated heterocycles. The second-order valence-electron chi connectivity index (χ2n) is 6.25. The molecular formula is C19H17F2N5O2. The van der Waals surface area contributed by atoms with Crippen LogP contribution in [0.1, 0.15) is 12.5 Å². The highest BCUT2D eigenvalue weighted by molar-refractivity contribution is 5.90. The van der Waals surface area contributed by atoms with Crippen LogP contribution in [0, 0.1) is 6.92 Å². The largest absolute Gasteiger partial charge is 0.494 e. The Balaban J connectivity index is 1.80. The van der Waals surface area contributed by atoms with Crippen molar-refractivity contribution in [2.75, 3.05) is 0 Å². The van der Waals surface area contributed by atoms with Gasteiger partial charge in [-0.3, -0.25) is 14.2 Å². The highest BCUT2D eigenvalue weighted by Crippen LogP contribution is 2.34. The predicted molar refractivity (Wildman–Crippen MR) is 98.8 cm³/mol. The maximum absolute atomic E-state index is 12.5. The fourth-order valence-corrected chi connectivity index (χ4v) is 3.11. The first-order valence-corrected chi connectivity index (χ1v) is 8.61. The lowest BCUT2D eigenvalue weighted by Crippen LogP contribution is -2.02. The minimum Gasteiger partial charge on any atom is -0.494 e. The van der Waals surface area contributed by atoms with Gasteiger partial charge in [0.15, 0.2) is 0 Å². The molecule has 4 heterocycles. The summed E-state index contributed by atoms with van der Waals surface area (Å²) in [4.78, 5) is 8.51. The minimum absolute atomic E-state index is 0.0422. The molecule has 7 nitrogen and oxygen atoms in total. The van der Waals surface area contributed by atoms with Crippen LogP contribution in [-0.2, 0) is 6.54 Å². The summed E-state index contributed by atoms with van der Waals surface area (Å²) in [6.07, 6.45) is 7.94. The lowest BCUT2D eigenvalue weighted by atomic mass is 10.1. The number of aryl methyl sites for hydroxylation is 2. The topological polar surface area (TPSA) is 78.0 Å². The molecule has 0 aromatic carbocycles. The predicted octanol–water partition coefficient (Wildman–Crippen LogP) is 3.92. The van der Waals surface area contributed by atoms with E-state index in [1.54, 1.807) is 27.7 Å². The van der Waals surface area contributed by atoms with E-state index in [0.717, 1.165) is 5.56 Å². The molecule has 0 saturated carbocycles. The van der Waals surface area contributed by atoms with E-state index in [4.69, 9.17) is 0 Å². The molecule has 0 spiro atoms. The molecule has 0 bridgehead atoms. The second-order valence-corrected chi connectivity index (χ2v) is 6.25. The molecule has 4 aromatic heterocycles. The smallest absolute Gasteiger partial charge is 0.387 e. The van der Waals surface area contributed by atoms with E-state index in [1.165, 1.54) is 18.5 Å². The van der Waals surface area contributed by atoms with Crippen LogP contribution in [0.3, 0.4) is 0 Å². The van der Waals surface area contributed by atoms with E-state index in [-0.39, 0.29) is 11.6 Å². The average molecular weight is 385 g/mol. The van der Waals surface area contributed by atoms with Gasteiger partial charge in [0.05, 0.1) is 34.7 Å². The van der Waals surface area contributed by atoms with Gasteiger partial charge in [0.2, 0.25) is 5.88 Å². The normalized spacial score (nSPS) is 11.5. The van der Waals surface area contributed by atoms with Crippen molar-refractivity contribution in [3.8, 4) is 28.6 Å². The lowest BCUT2D eigenvalue weighted by Gasteiger charge is -2.07. The summed E-state index contributed by atoms with van der Waals surface area (Å²) in [6, 6.07) is 3.22. The van der Waals surface area contributed by atoms with Gasteiger partial charge in [0, 0.05) is 30.7 Å². The molecule has 0 atom stereocenters. The molecule has 1 N–H and O–H groups in total. The summed E-state index contributed by atoms with van der Waals surface area (Å²) in [5.41, 5.74) is 3.15. The summed E-state index contributed by atoms with van der Waals surface area (Å²) in [5, 5.41) is 15.5. The monoisotopic (exact) mass is 385 g/mol. The van der Waals surface area contributed by atoms with Crippen LogP contribution in [-0.4, -0.2) is 36.0 Å². The van der Waals surface area contributed by atoms with Crippen molar-refractivity contribution in [2.24, 2.45) is 0 Å². The van der Waals surface area contributed by atoms with Gasteiger partial charge >= 0.3 is 6.61 Å². The van der Waals surface area contributed by atoms with E-state index >= 15 is 0 Å². The maximum atomic E-state index is 12.5. The van der Waals surface area contributed by atoms with Crippen molar-refractivity contribution < 1.29 is 18.6 Å². The summed E-state index contributed by atoms with van der Waals surface area (Å²) < 4.78 is 32.7. The van der Waals surface area contributed by atoms with E-state index in [1.807, 2.05) is 20.0 Å². The standard InChI is InChI=1S/C19H17F2N5O2/c1-3-25-9-13(7-23-25)26-10-16-17(18(26)27)11(2)4-15(24-16)12-5-14(8-22-6-12)28-19(20)21/h4-10,19,27H,3H2,1-2H3. The number of aromatic nitrogens is 5. The Labute approximate surface area is 158 Å². The number of halogens is 2. The third-order valence-corrected chi connectivity index (χ3v) is 4.40. The first-order chi connectivity index (χ1) is 13.5. The second kappa shape index (κ2) is 6.91. The summed E-state index contributed by atoms with van der Waals surface area (Å²) >= 11 is 0. The first-order valence-electron chi connectivity index (χ1n) is 8.61. The quantitative estimate of drug-likeness (QED) is 0.563. The van der Waals surface area contributed by atoms with Crippen molar-refractivity contribution in [3.05, 3.63) is 48.7 Å². The van der Waals surface area contributed by atoms with Gasteiger partial charge in [-0.2, -0.15) is 13.9 Å². The Morgan fingerprint density at radius 3 is 2.71 bits per heavy atom. The molecule has 0 aliphatic rings. The SMILES string of the molecule is CCn1cc(-n2cc3nc(-c4cncc(OC(F)F)c4)cc(C)c3c2O)cn1. The van der Waals surface area contributed by atoms with Crippen molar-refractivity contribution in [3.63, 3.8) is 0 Å². The van der Waals surface area contributed by atoms with Gasteiger partial charge in [-0.25, -0.2) is 4.98 Å². The highest BCUT2D eigenvalue weighted by atomic mass is 19.3. The Morgan fingerprint density at radius 1 is 1.18 bits per heavy atom. The molecular weight excluding hydrogens is 368 g/mol. The Hall–Kier alpha value is -3.49. The molecule has 144 valence electrons. The first kappa shape index (κ1) is 17.9. The number of nitrogens with zero attached hydrogens (tertiary/aromatic N) is 5. The summed E-state index contributed by atoms with van der Waals surface area (Å²) in [5.74, 6) is 0.0227. The van der Waals surface area contributed by atoms with Crippen LogP contribution in [0.4, 0.5) is 8.78 Å². The Bertz CT molecular complexity index is 1150. The van der Waals surface area contributed by atoms with Crippen molar-refractivity contribution in [1.82, 2.24) is 24.3 Å². The lowest BCUT2D eigenvalue weighted by molar-refractivity contribution is -0.0500. The van der Waals surface area contributed by atoms with Crippen molar-refractivity contribution in [1.29, 1.82) is 0 Å². The average Bonchev–Trinajstić information content (AvgIpc) is 3.26. The molecule has 4 aromatic rings. The van der Waals surface area contributed by atoms with Crippen LogP contribution in [0.25, 0.3) is 27.8 Å². The van der Waals surface area contributed by atoms with Crippen LogP contribution >= 0.6 is 0 Å². The number of hydrogen-bond acceptors (Lipinski definition) is 5. The molecule has 9 heteroatoms. The number of alkyl halides is 2. The van der Waals surface area contributed by atoms with Crippen LogP contribution in [0.2, 0.25) is 0 Å². The van der Waals surface area contributed by atoms with Crippen LogP contribution < -0.4 is 4.74 Å². The fourth-order valence-electron chi connectivity index (χ4n) is 3.11. The van der Waals surface area contributed by atoms with Gasteiger partial charge in [-0.05, 0) is 31.5 Å². The molecule has 0 unspecified atom stereocenters. The van der Waals surface area contributed by atoms with Crippen molar-refractivity contribution >= 4 is 10.9 Å². The molecule has 4 rings (SSSR count). The number of aromatic hydroxyl groups is 1. The zero-order valence-electron chi connectivity index (χ0n) is 15.2. The number of ether oxygens (including phenoxy) is 1. The number of rotatable bonds is 5. The number of hydrogen-bond donors (Lipinski definition) is 1. The van der Waals surface area contributed by atoms with E-state index in [9.17, 15) is 13.9 Å². The van der Waals surface area contributed by atoms with Gasteiger partial charge in [0.25, 0.3) is 0 Å². The Kier molecular flexibility index (Phi) is 4.42. The van der Waals surface area contributed by atoms with Crippen LogP contribution in [0.15, 0.2) is 43.1 Å². The highest BCUT2D eigenvalue weighted by Gasteiger charge is 2.16. The molecule has 0 fully saturated rings. The van der Waals surface area contributed by atoms with Gasteiger partial charge in [-0.1, -0.05) is 0 Å². The molecule has 0 aliphatic carbocycles. The third-order valence-electron chi connectivity index (χ3n) is 4.40.